The molecule has 0 aromatic heterocycles. The second-order valence-corrected chi connectivity index (χ2v) is 5.73. The normalized spacial score (nSPS) is 24.8. The molecule has 2 heterocycles. The minimum atomic E-state index is 0.246. The fourth-order valence-electron chi connectivity index (χ4n) is 2.57. The highest BCUT2D eigenvalue weighted by Gasteiger charge is 2.26. The molecule has 0 aromatic carbocycles. The van der Waals surface area contributed by atoms with Gasteiger partial charge >= 0.3 is 6.03 Å². The van der Waals surface area contributed by atoms with E-state index in [-0.39, 0.29) is 6.03 Å². The van der Waals surface area contributed by atoms with Gasteiger partial charge in [-0.2, -0.15) is 12.6 Å². The first-order valence-corrected chi connectivity index (χ1v) is 7.16. The summed E-state index contributed by atoms with van der Waals surface area (Å²) in [7, 11) is 0. The molecule has 5 heteroatoms. The molecule has 0 N–H and O–H groups in total. The average Bonchev–Trinajstić information content (AvgIpc) is 2.39. The molecule has 0 spiro atoms. The maximum atomic E-state index is 12.2. The lowest BCUT2D eigenvalue weighted by atomic mass is 10.1. The van der Waals surface area contributed by atoms with Gasteiger partial charge in [-0.15, -0.1) is 0 Å². The smallest absolute Gasteiger partial charge is 0.320 e. The molecule has 0 aromatic rings. The lowest BCUT2D eigenvalue weighted by Crippen LogP contribution is -2.54. The van der Waals surface area contributed by atoms with Gasteiger partial charge in [-0.1, -0.05) is 0 Å². The first-order valence-electron chi connectivity index (χ1n) is 6.64. The Morgan fingerprint density at radius 1 is 0.941 bits per heavy atom. The van der Waals surface area contributed by atoms with Gasteiger partial charge in [0, 0.05) is 39.3 Å². The summed E-state index contributed by atoms with van der Waals surface area (Å²) in [6.07, 6.45) is 3.60. The molecule has 0 aliphatic carbocycles. The fourth-order valence-corrected chi connectivity index (χ4v) is 2.80. The molecule has 0 bridgehead atoms. The monoisotopic (exact) mass is 257 g/mol. The van der Waals surface area contributed by atoms with E-state index in [4.69, 9.17) is 0 Å². The van der Waals surface area contributed by atoms with Crippen LogP contribution in [-0.4, -0.2) is 65.4 Å². The summed E-state index contributed by atoms with van der Waals surface area (Å²) in [5.74, 6) is 0. The quantitative estimate of drug-likeness (QED) is 0.721. The molecule has 2 fully saturated rings. The van der Waals surface area contributed by atoms with Gasteiger partial charge < -0.3 is 9.80 Å². The molecule has 0 saturated carbocycles. The van der Waals surface area contributed by atoms with Gasteiger partial charge in [0.15, 0.2) is 0 Å². The first-order chi connectivity index (χ1) is 8.18. The lowest BCUT2D eigenvalue weighted by molar-refractivity contribution is 0.105. The van der Waals surface area contributed by atoms with Crippen molar-refractivity contribution in [3.8, 4) is 0 Å². The van der Waals surface area contributed by atoms with E-state index in [1.165, 1.54) is 19.3 Å². The number of hydrogen-bond acceptors (Lipinski definition) is 3. The lowest BCUT2D eigenvalue weighted by Gasteiger charge is -2.39. The summed E-state index contributed by atoms with van der Waals surface area (Å²) in [4.78, 5) is 18.6. The zero-order valence-corrected chi connectivity index (χ0v) is 11.5. The number of hydrogen-bond donors (Lipinski definition) is 1. The third-order valence-electron chi connectivity index (χ3n) is 3.74. The van der Waals surface area contributed by atoms with Crippen LogP contribution in [0.4, 0.5) is 4.79 Å². The van der Waals surface area contributed by atoms with E-state index >= 15 is 0 Å². The molecule has 2 saturated heterocycles. The number of amides is 2. The van der Waals surface area contributed by atoms with Crippen LogP contribution >= 0.6 is 12.6 Å². The number of rotatable bonds is 1. The second kappa shape index (κ2) is 5.96. The highest BCUT2D eigenvalue weighted by atomic mass is 32.1. The summed E-state index contributed by atoms with van der Waals surface area (Å²) in [5, 5.41) is 0.294. The number of carbonyl (C=O) groups excluding carboxylic acids is 1. The maximum absolute atomic E-state index is 12.2. The number of nitrogens with zero attached hydrogens (tertiary/aromatic N) is 3. The Bertz CT molecular complexity index is 258. The Hall–Kier alpha value is -0.420. The van der Waals surface area contributed by atoms with Crippen molar-refractivity contribution in [3.05, 3.63) is 0 Å². The van der Waals surface area contributed by atoms with Crippen molar-refractivity contribution in [3.63, 3.8) is 0 Å². The highest BCUT2D eigenvalue weighted by molar-refractivity contribution is 7.80. The molecule has 4 nitrogen and oxygen atoms in total. The van der Waals surface area contributed by atoms with Crippen LogP contribution in [0.15, 0.2) is 0 Å². The number of carbonyl (C=O) groups is 1. The Labute approximate surface area is 109 Å². The topological polar surface area (TPSA) is 26.8 Å². The molecule has 1 atom stereocenters. The van der Waals surface area contributed by atoms with Crippen LogP contribution in [0.3, 0.4) is 0 Å². The second-order valence-electron chi connectivity index (χ2n) is 4.99. The van der Waals surface area contributed by atoms with Crippen LogP contribution in [-0.2, 0) is 0 Å². The largest absolute Gasteiger partial charge is 0.325 e. The Balaban J connectivity index is 1.81. The number of thiol groups is 1. The van der Waals surface area contributed by atoms with E-state index in [9.17, 15) is 4.79 Å². The highest BCUT2D eigenvalue weighted by Crippen LogP contribution is 2.14. The van der Waals surface area contributed by atoms with Gasteiger partial charge in [0.1, 0.15) is 0 Å². The number of likely N-dealkylation sites (tertiary alicyclic amines) is 1. The summed E-state index contributed by atoms with van der Waals surface area (Å²) < 4.78 is 0. The van der Waals surface area contributed by atoms with Crippen LogP contribution in [0.1, 0.15) is 26.2 Å². The standard InChI is InChI=1S/C12H23N3OS/c1-11(17)13-7-9-15(10-8-13)12(16)14-5-3-2-4-6-14/h11,17H,2-10H2,1H3. The Morgan fingerprint density at radius 3 is 2.00 bits per heavy atom. The molecule has 1 unspecified atom stereocenters. The van der Waals surface area contributed by atoms with E-state index in [2.05, 4.69) is 24.5 Å². The van der Waals surface area contributed by atoms with Crippen molar-refractivity contribution in [2.24, 2.45) is 0 Å². The van der Waals surface area contributed by atoms with Crippen molar-refractivity contribution < 1.29 is 4.79 Å². The van der Waals surface area contributed by atoms with Gasteiger partial charge in [0.05, 0.1) is 5.37 Å². The molecule has 0 radical (unpaired) electrons. The van der Waals surface area contributed by atoms with E-state index < -0.39 is 0 Å². The maximum Gasteiger partial charge on any atom is 0.320 e. The van der Waals surface area contributed by atoms with Crippen molar-refractivity contribution in [2.75, 3.05) is 39.3 Å². The van der Waals surface area contributed by atoms with Crippen LogP contribution in [0, 0.1) is 0 Å². The molecule has 2 rings (SSSR count). The van der Waals surface area contributed by atoms with E-state index in [1.54, 1.807) is 0 Å². The molecule has 98 valence electrons. The van der Waals surface area contributed by atoms with Crippen LogP contribution < -0.4 is 0 Å². The SMILES string of the molecule is CC(S)N1CCN(C(=O)N2CCCCC2)CC1. The van der Waals surface area contributed by atoms with Gasteiger partial charge in [0.25, 0.3) is 0 Å². The van der Waals surface area contributed by atoms with E-state index in [0.717, 1.165) is 39.3 Å². The molecule has 2 aliphatic heterocycles. The average molecular weight is 257 g/mol. The van der Waals surface area contributed by atoms with Crippen LogP contribution in [0.2, 0.25) is 0 Å². The summed E-state index contributed by atoms with van der Waals surface area (Å²) in [5.41, 5.74) is 0. The third kappa shape index (κ3) is 3.28. The van der Waals surface area contributed by atoms with Gasteiger partial charge in [-0.05, 0) is 26.2 Å². The predicted octanol–water partition coefficient (Wildman–Crippen LogP) is 1.49. The van der Waals surface area contributed by atoms with Crippen molar-refractivity contribution in [1.82, 2.24) is 14.7 Å². The molecule has 2 amide bonds. The van der Waals surface area contributed by atoms with E-state index in [0.29, 0.717) is 5.37 Å². The number of urea groups is 1. The molecular weight excluding hydrogens is 234 g/mol. The molecule has 17 heavy (non-hydrogen) atoms. The van der Waals surface area contributed by atoms with Crippen LogP contribution in [0.5, 0.6) is 0 Å². The number of piperidine rings is 1. The fraction of sp³-hybridized carbons (Fsp3) is 0.917. The Kier molecular flexibility index (Phi) is 4.56. The van der Waals surface area contributed by atoms with Crippen molar-refractivity contribution >= 4 is 18.7 Å². The number of piperazine rings is 1. The van der Waals surface area contributed by atoms with Crippen molar-refractivity contribution in [1.29, 1.82) is 0 Å². The predicted molar refractivity (Wildman–Crippen MR) is 72.4 cm³/mol. The molecule has 2 aliphatic rings. The van der Waals surface area contributed by atoms with Gasteiger partial charge in [0.2, 0.25) is 0 Å². The first kappa shape index (κ1) is 13.0. The summed E-state index contributed by atoms with van der Waals surface area (Å²) >= 11 is 4.44. The Morgan fingerprint density at radius 2 is 1.47 bits per heavy atom. The molecular formula is C12H23N3OS. The summed E-state index contributed by atoms with van der Waals surface area (Å²) in [6, 6.07) is 0.246. The zero-order chi connectivity index (χ0) is 12.3. The van der Waals surface area contributed by atoms with E-state index in [1.807, 2.05) is 9.80 Å². The van der Waals surface area contributed by atoms with Gasteiger partial charge in [-0.25, -0.2) is 4.79 Å². The summed E-state index contributed by atoms with van der Waals surface area (Å²) in [6.45, 7) is 7.57. The third-order valence-corrected chi connectivity index (χ3v) is 4.07. The minimum absolute atomic E-state index is 0.246. The zero-order valence-electron chi connectivity index (χ0n) is 10.6. The minimum Gasteiger partial charge on any atom is -0.325 e. The van der Waals surface area contributed by atoms with Crippen molar-refractivity contribution in [2.45, 2.75) is 31.6 Å². The van der Waals surface area contributed by atoms with Gasteiger partial charge in [-0.3, -0.25) is 4.90 Å². The van der Waals surface area contributed by atoms with Crippen LogP contribution in [0.25, 0.3) is 0 Å².